The van der Waals surface area contributed by atoms with Gasteiger partial charge >= 0.3 is 0 Å². The predicted molar refractivity (Wildman–Crippen MR) is 50.7 cm³/mol. The van der Waals surface area contributed by atoms with Crippen LogP contribution < -0.4 is 5.73 Å². The molecule has 64 valence electrons. The lowest BCUT2D eigenvalue weighted by Gasteiger charge is -2.09. The maximum Gasteiger partial charge on any atom is 0.0656 e. The number of aromatic nitrogens is 1. The van der Waals surface area contributed by atoms with E-state index < -0.39 is 0 Å². The van der Waals surface area contributed by atoms with Crippen LogP contribution in [0.25, 0.3) is 0 Å². The molecule has 0 saturated carbocycles. The number of rotatable bonds is 3. The first-order valence-corrected chi connectivity index (χ1v) is 4.11. The maximum atomic E-state index is 5.79. The highest BCUT2D eigenvalue weighted by Crippen LogP contribution is 2.13. The molecule has 0 fully saturated rings. The molecule has 0 spiro atoms. The molecule has 2 N–H and O–H groups in total. The highest BCUT2D eigenvalue weighted by molar-refractivity contribution is 5.24. The van der Waals surface area contributed by atoms with Crippen LogP contribution in [0.1, 0.15) is 24.2 Å². The summed E-state index contributed by atoms with van der Waals surface area (Å²) in [5.74, 6) is 0. The zero-order valence-electron chi connectivity index (χ0n) is 7.33. The van der Waals surface area contributed by atoms with Crippen LogP contribution in [0.2, 0.25) is 0 Å². The standard InChI is InChI=1S/C10H14N2/c1-3-8-6-5-7-12-10(8)9(11)4-2/h4-7,9H,2-3,11H2,1H3. The van der Waals surface area contributed by atoms with Crippen molar-refractivity contribution in [1.29, 1.82) is 0 Å². The monoisotopic (exact) mass is 162 g/mol. The van der Waals surface area contributed by atoms with E-state index in [4.69, 9.17) is 5.73 Å². The van der Waals surface area contributed by atoms with Crippen molar-refractivity contribution in [2.45, 2.75) is 19.4 Å². The van der Waals surface area contributed by atoms with Crippen LogP contribution in [-0.4, -0.2) is 4.98 Å². The fourth-order valence-corrected chi connectivity index (χ4v) is 1.16. The second-order valence-electron chi connectivity index (χ2n) is 2.66. The third-order valence-corrected chi connectivity index (χ3v) is 1.88. The molecular formula is C10H14N2. The van der Waals surface area contributed by atoms with Gasteiger partial charge in [-0.1, -0.05) is 19.1 Å². The third kappa shape index (κ3) is 1.71. The summed E-state index contributed by atoms with van der Waals surface area (Å²) in [4.78, 5) is 4.22. The minimum absolute atomic E-state index is 0.138. The highest BCUT2D eigenvalue weighted by atomic mass is 14.8. The van der Waals surface area contributed by atoms with Gasteiger partial charge < -0.3 is 5.73 Å². The van der Waals surface area contributed by atoms with Gasteiger partial charge in [0.15, 0.2) is 0 Å². The van der Waals surface area contributed by atoms with Gasteiger partial charge in [-0.15, -0.1) is 6.58 Å². The second kappa shape index (κ2) is 4.02. The Balaban J connectivity index is 3.04. The van der Waals surface area contributed by atoms with Crippen LogP contribution in [0, 0.1) is 0 Å². The van der Waals surface area contributed by atoms with E-state index in [2.05, 4.69) is 18.5 Å². The minimum Gasteiger partial charge on any atom is -0.319 e. The molecule has 1 heterocycles. The van der Waals surface area contributed by atoms with E-state index in [1.807, 2.05) is 12.1 Å². The fourth-order valence-electron chi connectivity index (χ4n) is 1.16. The third-order valence-electron chi connectivity index (χ3n) is 1.88. The Bertz CT molecular complexity index is 268. The van der Waals surface area contributed by atoms with Gasteiger partial charge in [0.05, 0.1) is 11.7 Å². The van der Waals surface area contributed by atoms with Crippen molar-refractivity contribution in [3.8, 4) is 0 Å². The normalized spacial score (nSPS) is 12.5. The van der Waals surface area contributed by atoms with E-state index in [0.717, 1.165) is 12.1 Å². The lowest BCUT2D eigenvalue weighted by Crippen LogP contribution is -2.11. The lowest BCUT2D eigenvalue weighted by molar-refractivity contribution is 0.836. The fraction of sp³-hybridized carbons (Fsp3) is 0.300. The summed E-state index contributed by atoms with van der Waals surface area (Å²) < 4.78 is 0. The summed E-state index contributed by atoms with van der Waals surface area (Å²) in [5.41, 5.74) is 7.93. The molecule has 1 atom stereocenters. The first kappa shape index (κ1) is 8.94. The van der Waals surface area contributed by atoms with Gasteiger partial charge in [0.1, 0.15) is 0 Å². The Hall–Kier alpha value is -1.15. The highest BCUT2D eigenvalue weighted by Gasteiger charge is 2.06. The second-order valence-corrected chi connectivity index (χ2v) is 2.66. The summed E-state index contributed by atoms with van der Waals surface area (Å²) in [6.07, 6.45) is 4.43. The van der Waals surface area contributed by atoms with Crippen LogP contribution in [-0.2, 0) is 6.42 Å². The minimum atomic E-state index is -0.138. The topological polar surface area (TPSA) is 38.9 Å². The van der Waals surface area contributed by atoms with Gasteiger partial charge in [0.25, 0.3) is 0 Å². The molecule has 0 saturated heterocycles. The molecule has 12 heavy (non-hydrogen) atoms. The molecule has 1 rings (SSSR count). The molecular weight excluding hydrogens is 148 g/mol. The van der Waals surface area contributed by atoms with Gasteiger partial charge in [0, 0.05) is 6.20 Å². The first-order chi connectivity index (χ1) is 5.79. The zero-order valence-corrected chi connectivity index (χ0v) is 7.33. The van der Waals surface area contributed by atoms with Crippen molar-refractivity contribution < 1.29 is 0 Å². The van der Waals surface area contributed by atoms with Crippen molar-refractivity contribution in [3.05, 3.63) is 42.2 Å². The molecule has 0 radical (unpaired) electrons. The maximum absolute atomic E-state index is 5.79. The molecule has 1 aromatic heterocycles. The molecule has 1 unspecified atom stereocenters. The Labute approximate surface area is 73.1 Å². The average molecular weight is 162 g/mol. The molecule has 0 bridgehead atoms. The van der Waals surface area contributed by atoms with E-state index in [1.54, 1.807) is 12.3 Å². The molecule has 0 aromatic carbocycles. The van der Waals surface area contributed by atoms with Gasteiger partial charge in [0.2, 0.25) is 0 Å². The molecule has 0 aliphatic carbocycles. The number of aryl methyl sites for hydroxylation is 1. The summed E-state index contributed by atoms with van der Waals surface area (Å²) in [7, 11) is 0. The van der Waals surface area contributed by atoms with Crippen molar-refractivity contribution in [2.24, 2.45) is 5.73 Å². The largest absolute Gasteiger partial charge is 0.319 e. The van der Waals surface area contributed by atoms with Gasteiger partial charge in [-0.3, -0.25) is 4.98 Å². The van der Waals surface area contributed by atoms with Crippen molar-refractivity contribution in [1.82, 2.24) is 4.98 Å². The van der Waals surface area contributed by atoms with Gasteiger partial charge in [-0.05, 0) is 18.1 Å². The van der Waals surface area contributed by atoms with E-state index in [9.17, 15) is 0 Å². The summed E-state index contributed by atoms with van der Waals surface area (Å²) >= 11 is 0. The molecule has 0 aliphatic heterocycles. The summed E-state index contributed by atoms with van der Waals surface area (Å²) in [6, 6.07) is 3.84. The summed E-state index contributed by atoms with van der Waals surface area (Å²) in [5, 5.41) is 0. The Morgan fingerprint density at radius 3 is 3.08 bits per heavy atom. The first-order valence-electron chi connectivity index (χ1n) is 4.11. The van der Waals surface area contributed by atoms with E-state index in [1.165, 1.54) is 5.56 Å². The van der Waals surface area contributed by atoms with E-state index >= 15 is 0 Å². The average Bonchev–Trinajstić information content (AvgIpc) is 2.16. The zero-order chi connectivity index (χ0) is 8.97. The number of hydrogen-bond donors (Lipinski definition) is 1. The van der Waals surface area contributed by atoms with Crippen LogP contribution >= 0.6 is 0 Å². The van der Waals surface area contributed by atoms with Gasteiger partial charge in [-0.25, -0.2) is 0 Å². The smallest absolute Gasteiger partial charge is 0.0656 e. The molecule has 2 nitrogen and oxygen atoms in total. The quantitative estimate of drug-likeness (QED) is 0.689. The molecule has 1 aromatic rings. The number of hydrogen-bond acceptors (Lipinski definition) is 2. The van der Waals surface area contributed by atoms with Crippen molar-refractivity contribution in [2.75, 3.05) is 0 Å². The molecule has 0 aliphatic rings. The van der Waals surface area contributed by atoms with E-state index in [-0.39, 0.29) is 6.04 Å². The predicted octanol–water partition coefficient (Wildman–Crippen LogP) is 1.83. The van der Waals surface area contributed by atoms with Gasteiger partial charge in [-0.2, -0.15) is 0 Å². The van der Waals surface area contributed by atoms with Crippen molar-refractivity contribution in [3.63, 3.8) is 0 Å². The summed E-state index contributed by atoms with van der Waals surface area (Å²) in [6.45, 7) is 5.74. The van der Waals surface area contributed by atoms with Crippen LogP contribution in [0.3, 0.4) is 0 Å². The molecule has 0 amide bonds. The Morgan fingerprint density at radius 1 is 1.75 bits per heavy atom. The van der Waals surface area contributed by atoms with Crippen LogP contribution in [0.5, 0.6) is 0 Å². The Morgan fingerprint density at radius 2 is 2.50 bits per heavy atom. The number of pyridine rings is 1. The number of nitrogens with zero attached hydrogens (tertiary/aromatic N) is 1. The number of nitrogens with two attached hydrogens (primary N) is 1. The SMILES string of the molecule is C=CC(N)c1ncccc1CC. The van der Waals surface area contributed by atoms with Crippen molar-refractivity contribution >= 4 is 0 Å². The molecule has 2 heteroatoms. The van der Waals surface area contributed by atoms with E-state index in [0.29, 0.717) is 0 Å². The lowest BCUT2D eigenvalue weighted by atomic mass is 10.1. The Kier molecular flexibility index (Phi) is 3.00. The van der Waals surface area contributed by atoms with Crippen LogP contribution in [0.4, 0.5) is 0 Å². The van der Waals surface area contributed by atoms with Crippen LogP contribution in [0.15, 0.2) is 31.0 Å².